The molecule has 0 aromatic carbocycles. The van der Waals surface area contributed by atoms with E-state index < -0.39 is 11.6 Å². The number of hydrogen-bond acceptors (Lipinski definition) is 4. The van der Waals surface area contributed by atoms with Crippen molar-refractivity contribution in [2.45, 2.75) is 32.8 Å². The Balaban J connectivity index is 0.000000327. The molecule has 0 aliphatic rings. The summed E-state index contributed by atoms with van der Waals surface area (Å²) >= 11 is 3.06. The van der Waals surface area contributed by atoms with Crippen LogP contribution in [0.5, 0.6) is 0 Å². The van der Waals surface area contributed by atoms with E-state index in [0.717, 1.165) is 6.20 Å². The Bertz CT molecular complexity index is 421. The summed E-state index contributed by atoms with van der Waals surface area (Å²) in [6, 6.07) is 3.07. The molecule has 0 unspecified atom stereocenters. The molecule has 0 spiro atoms. The van der Waals surface area contributed by atoms with Gasteiger partial charge >= 0.3 is 5.97 Å². The lowest BCUT2D eigenvalue weighted by atomic mass is 10.2. The second kappa shape index (κ2) is 7.77. The average molecular weight is 317 g/mol. The zero-order valence-electron chi connectivity index (χ0n) is 10.4. The van der Waals surface area contributed by atoms with Gasteiger partial charge in [-0.05, 0) is 42.8 Å². The molecule has 6 heteroatoms. The molecule has 0 N–H and O–H groups in total. The first-order chi connectivity index (χ1) is 8.24. The predicted molar refractivity (Wildman–Crippen MR) is 68.0 cm³/mol. The van der Waals surface area contributed by atoms with Gasteiger partial charge in [0.1, 0.15) is 17.8 Å². The van der Waals surface area contributed by atoms with E-state index in [9.17, 15) is 9.18 Å². The molecular formula is C12H14BrFN2O2. The fourth-order valence-electron chi connectivity index (χ4n) is 0.828. The van der Waals surface area contributed by atoms with Gasteiger partial charge in [0.15, 0.2) is 0 Å². The molecule has 0 bridgehead atoms. The summed E-state index contributed by atoms with van der Waals surface area (Å²) in [5.41, 5.74) is -0.478. The first-order valence-electron chi connectivity index (χ1n) is 5.09. The summed E-state index contributed by atoms with van der Waals surface area (Å²) in [4.78, 5) is 14.2. The van der Waals surface area contributed by atoms with Gasteiger partial charge in [-0.25, -0.2) is 4.39 Å². The molecule has 0 amide bonds. The van der Waals surface area contributed by atoms with Gasteiger partial charge in [0.25, 0.3) is 0 Å². The smallest absolute Gasteiger partial charge is 0.320 e. The average Bonchev–Trinajstić information content (AvgIpc) is 2.15. The van der Waals surface area contributed by atoms with Crippen molar-refractivity contribution < 1.29 is 13.9 Å². The lowest BCUT2D eigenvalue weighted by molar-refractivity contribution is -0.153. The Labute approximate surface area is 114 Å². The summed E-state index contributed by atoms with van der Waals surface area (Å²) in [5, 5.41) is 8.08. The molecule has 0 fully saturated rings. The maximum absolute atomic E-state index is 12.1. The maximum Gasteiger partial charge on any atom is 0.320 e. The molecule has 0 saturated heterocycles. The van der Waals surface area contributed by atoms with Gasteiger partial charge < -0.3 is 4.74 Å². The van der Waals surface area contributed by atoms with E-state index >= 15 is 0 Å². The normalized spacial score (nSPS) is 9.78. The fourth-order valence-corrected chi connectivity index (χ4v) is 1.16. The Hall–Kier alpha value is -1.48. The van der Waals surface area contributed by atoms with E-state index in [2.05, 4.69) is 20.9 Å². The monoisotopic (exact) mass is 316 g/mol. The van der Waals surface area contributed by atoms with Crippen molar-refractivity contribution in [3.8, 4) is 6.07 Å². The zero-order chi connectivity index (χ0) is 14.2. The molecule has 1 rings (SSSR count). The number of carbonyl (C=O) groups is 1. The van der Waals surface area contributed by atoms with Gasteiger partial charge in [-0.1, -0.05) is 0 Å². The van der Waals surface area contributed by atoms with Gasteiger partial charge in [-0.2, -0.15) is 5.26 Å². The second-order valence-electron chi connectivity index (χ2n) is 4.24. The lowest BCUT2D eigenvalue weighted by Gasteiger charge is -2.18. The first kappa shape index (κ1) is 16.5. The first-order valence-corrected chi connectivity index (χ1v) is 5.89. The maximum atomic E-state index is 12.1. The third-order valence-electron chi connectivity index (χ3n) is 1.31. The van der Waals surface area contributed by atoms with Crippen LogP contribution in [-0.4, -0.2) is 16.6 Å². The second-order valence-corrected chi connectivity index (χ2v) is 5.16. The molecule has 0 radical (unpaired) electrons. The van der Waals surface area contributed by atoms with Crippen LogP contribution in [0.2, 0.25) is 0 Å². The number of hydrogen-bond donors (Lipinski definition) is 0. The summed E-state index contributed by atoms with van der Waals surface area (Å²) in [5.74, 6) is -0.783. The van der Waals surface area contributed by atoms with Crippen molar-refractivity contribution in [3.05, 3.63) is 28.7 Å². The zero-order valence-corrected chi connectivity index (χ0v) is 12.0. The van der Waals surface area contributed by atoms with E-state index in [-0.39, 0.29) is 12.2 Å². The molecule has 0 atom stereocenters. The third-order valence-corrected chi connectivity index (χ3v) is 1.75. The number of rotatable bonds is 1. The van der Waals surface area contributed by atoms with E-state index in [0.29, 0.717) is 4.47 Å². The van der Waals surface area contributed by atoms with Gasteiger partial charge in [0.05, 0.1) is 12.3 Å². The number of ether oxygens (including phenoxy) is 1. The highest BCUT2D eigenvalue weighted by Crippen LogP contribution is 2.07. The molecule has 0 aliphatic heterocycles. The van der Waals surface area contributed by atoms with Crippen LogP contribution in [0, 0.1) is 17.1 Å². The van der Waals surface area contributed by atoms with E-state index in [4.69, 9.17) is 10.00 Å². The van der Waals surface area contributed by atoms with E-state index in [1.54, 1.807) is 26.8 Å². The number of nitriles is 1. The van der Waals surface area contributed by atoms with Gasteiger partial charge in [-0.15, -0.1) is 0 Å². The Kier molecular flexibility index (Phi) is 7.13. The van der Waals surface area contributed by atoms with E-state index in [1.165, 1.54) is 12.3 Å². The molecule has 18 heavy (non-hydrogen) atoms. The number of esters is 1. The molecule has 4 nitrogen and oxygen atoms in total. The number of carbonyl (C=O) groups excluding carboxylic acids is 1. The SMILES string of the molecule is CC(C)(C)OC(=O)CC#N.Fc1cncc(Br)c1. The molecule has 0 aliphatic carbocycles. The van der Waals surface area contributed by atoms with Crippen molar-refractivity contribution >= 4 is 21.9 Å². The predicted octanol–water partition coefficient (Wildman–Crippen LogP) is 3.22. The lowest BCUT2D eigenvalue weighted by Crippen LogP contribution is -2.23. The minimum Gasteiger partial charge on any atom is -0.459 e. The van der Waals surface area contributed by atoms with Crippen LogP contribution in [0.25, 0.3) is 0 Å². The van der Waals surface area contributed by atoms with Gasteiger partial charge in [0, 0.05) is 10.7 Å². The van der Waals surface area contributed by atoms with E-state index in [1.807, 2.05) is 0 Å². The largest absolute Gasteiger partial charge is 0.459 e. The Morgan fingerprint density at radius 1 is 1.56 bits per heavy atom. The summed E-state index contributed by atoms with van der Waals surface area (Å²) in [6.45, 7) is 5.30. The van der Waals surface area contributed by atoms with Gasteiger partial charge in [-0.3, -0.25) is 9.78 Å². The molecule has 1 heterocycles. The number of nitrogens with zero attached hydrogens (tertiary/aromatic N) is 2. The number of aromatic nitrogens is 1. The summed E-state index contributed by atoms with van der Waals surface area (Å²) < 4.78 is 17.6. The minimum atomic E-state index is -0.478. The molecular weight excluding hydrogens is 303 g/mol. The number of pyridine rings is 1. The van der Waals surface area contributed by atoms with Crippen molar-refractivity contribution in [1.82, 2.24) is 4.98 Å². The van der Waals surface area contributed by atoms with Crippen LogP contribution in [0.15, 0.2) is 22.9 Å². The molecule has 1 aromatic rings. The minimum absolute atomic E-state index is 0.169. The van der Waals surface area contributed by atoms with Gasteiger partial charge in [0.2, 0.25) is 0 Å². The molecule has 98 valence electrons. The van der Waals surface area contributed by atoms with Crippen LogP contribution >= 0.6 is 15.9 Å². The highest BCUT2D eigenvalue weighted by atomic mass is 79.9. The Morgan fingerprint density at radius 3 is 2.50 bits per heavy atom. The van der Waals surface area contributed by atoms with Crippen molar-refractivity contribution in [1.29, 1.82) is 5.26 Å². The van der Waals surface area contributed by atoms with Crippen molar-refractivity contribution in [2.75, 3.05) is 0 Å². The number of halogens is 2. The fraction of sp³-hybridized carbons (Fsp3) is 0.417. The third kappa shape index (κ3) is 9.73. The summed E-state index contributed by atoms with van der Waals surface area (Å²) in [7, 11) is 0. The summed E-state index contributed by atoms with van der Waals surface area (Å²) in [6.07, 6.45) is 2.52. The van der Waals surface area contributed by atoms with Crippen LogP contribution < -0.4 is 0 Å². The molecule has 0 saturated carbocycles. The topological polar surface area (TPSA) is 63.0 Å². The van der Waals surface area contributed by atoms with Crippen LogP contribution in [0.4, 0.5) is 4.39 Å². The van der Waals surface area contributed by atoms with Crippen LogP contribution in [0.3, 0.4) is 0 Å². The van der Waals surface area contributed by atoms with Crippen molar-refractivity contribution in [2.24, 2.45) is 0 Å². The highest BCUT2D eigenvalue weighted by Gasteiger charge is 2.15. The standard InChI is InChI=1S/C7H11NO2.C5H3BrFN/c1-7(2,3)10-6(9)4-5-8;6-4-1-5(7)3-8-2-4/h4H2,1-3H3;1-3H. The quantitative estimate of drug-likeness (QED) is 0.746. The van der Waals surface area contributed by atoms with Crippen LogP contribution in [-0.2, 0) is 9.53 Å². The van der Waals surface area contributed by atoms with Crippen LogP contribution in [0.1, 0.15) is 27.2 Å². The molecule has 1 aromatic heterocycles. The highest BCUT2D eigenvalue weighted by molar-refractivity contribution is 9.10. The van der Waals surface area contributed by atoms with Crippen molar-refractivity contribution in [3.63, 3.8) is 0 Å². The Morgan fingerprint density at radius 2 is 2.17 bits per heavy atom.